The summed E-state index contributed by atoms with van der Waals surface area (Å²) < 4.78 is 0. The number of amides is 2. The zero-order chi connectivity index (χ0) is 18.7. The van der Waals surface area contributed by atoms with Crippen molar-refractivity contribution in [1.82, 2.24) is 14.9 Å². The standard InChI is InChI=1S/C19H20N4O2S/c1-12-7-8-15-16(9-12)22-19(21-15)26-11-17(24)20-14-6-4-5-13(10-14)18(25)23(2)3/h4-10H,11H2,1-3H3,(H,20,24)(H,21,22). The van der Waals surface area contributed by atoms with Crippen LogP contribution in [0, 0.1) is 6.92 Å². The van der Waals surface area contributed by atoms with Crippen LogP contribution in [-0.2, 0) is 4.79 Å². The van der Waals surface area contributed by atoms with Crippen LogP contribution in [0.4, 0.5) is 5.69 Å². The largest absolute Gasteiger partial charge is 0.345 e. The third-order valence-corrected chi connectivity index (χ3v) is 4.63. The van der Waals surface area contributed by atoms with Crippen molar-refractivity contribution in [3.8, 4) is 0 Å². The average molecular weight is 368 g/mol. The van der Waals surface area contributed by atoms with Crippen LogP contribution in [0.3, 0.4) is 0 Å². The highest BCUT2D eigenvalue weighted by Gasteiger charge is 2.11. The maximum atomic E-state index is 12.2. The Kier molecular flexibility index (Phi) is 5.27. The van der Waals surface area contributed by atoms with E-state index in [0.29, 0.717) is 16.4 Å². The van der Waals surface area contributed by atoms with Gasteiger partial charge in [0, 0.05) is 25.3 Å². The van der Waals surface area contributed by atoms with Crippen LogP contribution in [0.5, 0.6) is 0 Å². The van der Waals surface area contributed by atoms with Crippen molar-refractivity contribution in [1.29, 1.82) is 0 Å². The minimum absolute atomic E-state index is 0.104. The van der Waals surface area contributed by atoms with Gasteiger partial charge in [0.05, 0.1) is 16.8 Å². The summed E-state index contributed by atoms with van der Waals surface area (Å²) in [6.45, 7) is 2.02. The molecule has 0 aliphatic heterocycles. The highest BCUT2D eigenvalue weighted by Crippen LogP contribution is 2.21. The van der Waals surface area contributed by atoms with Crippen molar-refractivity contribution >= 4 is 40.3 Å². The molecule has 2 amide bonds. The van der Waals surface area contributed by atoms with Crippen LogP contribution >= 0.6 is 11.8 Å². The summed E-state index contributed by atoms with van der Waals surface area (Å²) in [5, 5.41) is 3.52. The molecule has 0 aliphatic rings. The van der Waals surface area contributed by atoms with Crippen molar-refractivity contribution < 1.29 is 9.59 Å². The van der Waals surface area contributed by atoms with Gasteiger partial charge in [-0.3, -0.25) is 9.59 Å². The third kappa shape index (κ3) is 4.23. The predicted octanol–water partition coefficient (Wildman–Crippen LogP) is 3.30. The Bertz CT molecular complexity index is 965. The van der Waals surface area contributed by atoms with Crippen LogP contribution in [0.25, 0.3) is 11.0 Å². The molecule has 3 aromatic rings. The molecular weight excluding hydrogens is 348 g/mol. The van der Waals surface area contributed by atoms with E-state index in [4.69, 9.17) is 0 Å². The molecule has 1 heterocycles. The second-order valence-corrected chi connectivity index (χ2v) is 7.14. The summed E-state index contributed by atoms with van der Waals surface area (Å²) in [5.74, 6) is -0.0286. The minimum Gasteiger partial charge on any atom is -0.345 e. The van der Waals surface area contributed by atoms with Crippen molar-refractivity contribution in [3.63, 3.8) is 0 Å². The second kappa shape index (κ2) is 7.61. The number of H-pyrrole nitrogens is 1. The number of rotatable bonds is 5. The number of imidazole rings is 1. The van der Waals surface area contributed by atoms with Crippen molar-refractivity contribution in [2.45, 2.75) is 12.1 Å². The SMILES string of the molecule is Cc1ccc2nc(SCC(=O)Nc3cccc(C(=O)N(C)C)c3)[nH]c2c1. The third-order valence-electron chi connectivity index (χ3n) is 3.76. The Labute approximate surface area is 156 Å². The fraction of sp³-hybridized carbons (Fsp3) is 0.211. The van der Waals surface area contributed by atoms with E-state index in [1.165, 1.54) is 16.7 Å². The van der Waals surface area contributed by atoms with Gasteiger partial charge >= 0.3 is 0 Å². The van der Waals surface area contributed by atoms with Crippen LogP contribution < -0.4 is 5.32 Å². The number of nitrogens with one attached hydrogen (secondary N) is 2. The highest BCUT2D eigenvalue weighted by atomic mass is 32.2. The average Bonchev–Trinajstić information content (AvgIpc) is 3.01. The number of hydrogen-bond acceptors (Lipinski definition) is 4. The molecule has 0 saturated heterocycles. The number of carbonyl (C=O) groups excluding carboxylic acids is 2. The number of nitrogens with zero attached hydrogens (tertiary/aromatic N) is 2. The van der Waals surface area contributed by atoms with Crippen LogP contribution in [0.1, 0.15) is 15.9 Å². The van der Waals surface area contributed by atoms with E-state index in [2.05, 4.69) is 15.3 Å². The topological polar surface area (TPSA) is 78.1 Å². The normalized spacial score (nSPS) is 10.7. The van der Waals surface area contributed by atoms with Gasteiger partial charge in [0.25, 0.3) is 5.91 Å². The molecule has 0 fully saturated rings. The summed E-state index contributed by atoms with van der Waals surface area (Å²) >= 11 is 1.34. The molecule has 1 aromatic heterocycles. The van der Waals surface area contributed by atoms with Crippen LogP contribution in [-0.4, -0.2) is 46.5 Å². The van der Waals surface area contributed by atoms with Gasteiger partial charge in [0.2, 0.25) is 5.91 Å². The molecule has 0 unspecified atom stereocenters. The predicted molar refractivity (Wildman–Crippen MR) is 105 cm³/mol. The first-order chi connectivity index (χ1) is 12.4. The molecular formula is C19H20N4O2S. The lowest BCUT2D eigenvalue weighted by molar-refractivity contribution is -0.113. The monoisotopic (exact) mass is 368 g/mol. The van der Waals surface area contributed by atoms with Gasteiger partial charge in [-0.2, -0.15) is 0 Å². The smallest absolute Gasteiger partial charge is 0.253 e. The zero-order valence-corrected chi connectivity index (χ0v) is 15.7. The number of aromatic amines is 1. The van der Waals surface area contributed by atoms with Gasteiger partial charge in [-0.15, -0.1) is 0 Å². The maximum absolute atomic E-state index is 12.2. The first-order valence-corrected chi connectivity index (χ1v) is 9.11. The lowest BCUT2D eigenvalue weighted by Crippen LogP contribution is -2.22. The second-order valence-electron chi connectivity index (χ2n) is 6.18. The molecule has 2 aromatic carbocycles. The maximum Gasteiger partial charge on any atom is 0.253 e. The Morgan fingerprint density at radius 1 is 1.19 bits per heavy atom. The number of aromatic nitrogens is 2. The summed E-state index contributed by atoms with van der Waals surface area (Å²) in [5.41, 5.74) is 4.13. The van der Waals surface area contributed by atoms with Gasteiger partial charge in [0.1, 0.15) is 0 Å². The summed E-state index contributed by atoms with van der Waals surface area (Å²) in [6, 6.07) is 12.9. The van der Waals surface area contributed by atoms with Crippen molar-refractivity contribution in [2.24, 2.45) is 0 Å². The molecule has 0 saturated carbocycles. The Morgan fingerprint density at radius 2 is 2.00 bits per heavy atom. The number of aryl methyl sites for hydroxylation is 1. The lowest BCUT2D eigenvalue weighted by Gasteiger charge is -2.11. The molecule has 134 valence electrons. The molecule has 0 spiro atoms. The number of anilines is 1. The number of fused-ring (bicyclic) bond motifs is 1. The van der Waals surface area contributed by atoms with E-state index in [1.807, 2.05) is 25.1 Å². The quantitative estimate of drug-likeness (QED) is 0.677. The van der Waals surface area contributed by atoms with Gasteiger partial charge in [0.15, 0.2) is 5.16 Å². The Morgan fingerprint density at radius 3 is 2.77 bits per heavy atom. The zero-order valence-electron chi connectivity index (χ0n) is 14.9. The summed E-state index contributed by atoms with van der Waals surface area (Å²) in [6.07, 6.45) is 0. The fourth-order valence-electron chi connectivity index (χ4n) is 2.49. The number of thioether (sulfide) groups is 1. The fourth-order valence-corrected chi connectivity index (χ4v) is 3.17. The highest BCUT2D eigenvalue weighted by molar-refractivity contribution is 7.99. The van der Waals surface area contributed by atoms with Crippen molar-refractivity contribution in [3.05, 3.63) is 53.6 Å². The van der Waals surface area contributed by atoms with Gasteiger partial charge < -0.3 is 15.2 Å². The molecule has 0 atom stereocenters. The molecule has 0 bridgehead atoms. The number of benzene rings is 2. The first kappa shape index (κ1) is 18.0. The van der Waals surface area contributed by atoms with Crippen molar-refractivity contribution in [2.75, 3.05) is 25.2 Å². The van der Waals surface area contributed by atoms with Gasteiger partial charge in [-0.25, -0.2) is 4.98 Å². The van der Waals surface area contributed by atoms with E-state index in [-0.39, 0.29) is 17.6 Å². The van der Waals surface area contributed by atoms with E-state index >= 15 is 0 Å². The Balaban J connectivity index is 1.61. The van der Waals surface area contributed by atoms with Crippen LogP contribution in [0.15, 0.2) is 47.6 Å². The molecule has 7 heteroatoms. The molecule has 0 aliphatic carbocycles. The minimum atomic E-state index is -0.152. The van der Waals surface area contributed by atoms with E-state index in [1.54, 1.807) is 38.4 Å². The van der Waals surface area contributed by atoms with Gasteiger partial charge in [-0.1, -0.05) is 23.9 Å². The number of carbonyl (C=O) groups is 2. The summed E-state index contributed by atoms with van der Waals surface area (Å²) in [7, 11) is 3.39. The van der Waals surface area contributed by atoms with Crippen LogP contribution in [0.2, 0.25) is 0 Å². The molecule has 3 rings (SSSR count). The lowest BCUT2D eigenvalue weighted by atomic mass is 10.2. The summed E-state index contributed by atoms with van der Waals surface area (Å²) in [4.78, 5) is 33.4. The number of hydrogen-bond donors (Lipinski definition) is 2. The molecule has 2 N–H and O–H groups in total. The van der Waals surface area contributed by atoms with E-state index in [0.717, 1.165) is 16.6 Å². The molecule has 0 radical (unpaired) electrons. The van der Waals surface area contributed by atoms with E-state index < -0.39 is 0 Å². The Hall–Kier alpha value is -2.80. The van der Waals surface area contributed by atoms with E-state index in [9.17, 15) is 9.59 Å². The molecule has 26 heavy (non-hydrogen) atoms. The molecule has 6 nitrogen and oxygen atoms in total. The first-order valence-electron chi connectivity index (χ1n) is 8.13. The van der Waals surface area contributed by atoms with Gasteiger partial charge in [-0.05, 0) is 42.8 Å².